The number of rotatable bonds is 8. The average molecular weight is 598 g/mol. The molecule has 1 N–H and O–H groups in total. The first-order valence-corrected chi connectivity index (χ1v) is 27.3. The molecule has 8 nitrogen and oxygen atoms in total. The van der Waals surface area contributed by atoms with Gasteiger partial charge in [0, 0.05) is 11.5 Å². The quantitative estimate of drug-likeness (QED) is 0.396. The summed E-state index contributed by atoms with van der Waals surface area (Å²) in [5, 5.41) is 3.34. The average Bonchev–Trinajstić information content (AvgIpc) is 3.16. The van der Waals surface area contributed by atoms with E-state index in [-0.39, 0.29) is 49.1 Å². The Labute approximate surface area is 232 Å². The van der Waals surface area contributed by atoms with Crippen molar-refractivity contribution >= 4 is 39.2 Å². The molecule has 2 heterocycles. The normalized spacial score (nSPS) is 29.5. The van der Waals surface area contributed by atoms with Crippen LogP contribution in [-0.4, -0.2) is 76.4 Å². The molecule has 6 atom stereocenters. The molecule has 3 aliphatic rings. The van der Waals surface area contributed by atoms with E-state index in [1.165, 1.54) is 0 Å². The number of ether oxygens (including phenoxy) is 2. The van der Waals surface area contributed by atoms with Gasteiger partial charge in [-0.1, -0.05) is 0 Å². The molecule has 1 aromatic carbocycles. The summed E-state index contributed by atoms with van der Waals surface area (Å²) in [6.07, 6.45) is -1.39. The second kappa shape index (κ2) is 10.1. The van der Waals surface area contributed by atoms with E-state index in [9.17, 15) is 4.79 Å². The van der Waals surface area contributed by atoms with E-state index in [0.717, 1.165) is 5.56 Å². The van der Waals surface area contributed by atoms with E-state index >= 15 is 0 Å². The molecule has 1 aromatic rings. The summed E-state index contributed by atoms with van der Waals surface area (Å²) in [5.74, 6) is 0.940. The van der Waals surface area contributed by atoms with Gasteiger partial charge in [0.25, 0.3) is 5.91 Å². The molecule has 4 unspecified atom stereocenters. The van der Waals surface area contributed by atoms with Crippen LogP contribution in [0.3, 0.4) is 0 Å². The van der Waals surface area contributed by atoms with Crippen molar-refractivity contribution in [2.75, 3.05) is 6.79 Å². The van der Waals surface area contributed by atoms with Gasteiger partial charge in [0.2, 0.25) is 6.79 Å². The van der Waals surface area contributed by atoms with Gasteiger partial charge in [-0.05, 0) is 96.3 Å². The topological polar surface area (TPSA) is 84.5 Å². The lowest BCUT2D eigenvalue weighted by atomic mass is 9.70. The number of amides is 1. The highest BCUT2D eigenvalue weighted by Gasteiger charge is 2.59. The lowest BCUT2D eigenvalue weighted by molar-refractivity contribution is -0.131. The minimum Gasteiger partial charge on any atom is -0.454 e. The second-order valence-corrected chi connectivity index (χ2v) is 32.4. The fourth-order valence-electron chi connectivity index (χ4n) is 5.57. The standard InChI is InChI=1S/C26H47NO7Si4/c1-35(2,3)31-22-20-16-13-18-19(30-15-29-18)14-17(16)26(28)27-21(20)23(32-36(4,5)6)25(34-38(10,11)12)24(22)33-37(7,8)9/h13-14,20-25H,15H2,1-12H3,(H,27,28)/t20-,21-,22?,23?,24?,25?/m1/s1. The molecule has 1 aliphatic carbocycles. The first kappa shape index (κ1) is 30.0. The monoisotopic (exact) mass is 597 g/mol. The van der Waals surface area contributed by atoms with Gasteiger partial charge in [-0.3, -0.25) is 4.79 Å². The van der Waals surface area contributed by atoms with Crippen LogP contribution >= 0.6 is 0 Å². The van der Waals surface area contributed by atoms with Crippen molar-refractivity contribution in [3.05, 3.63) is 23.3 Å². The molecule has 0 bridgehead atoms. The van der Waals surface area contributed by atoms with Gasteiger partial charge in [-0.2, -0.15) is 0 Å². The first-order valence-electron chi connectivity index (χ1n) is 13.7. The van der Waals surface area contributed by atoms with E-state index < -0.39 is 33.3 Å². The zero-order valence-electron chi connectivity index (χ0n) is 25.2. The Balaban J connectivity index is 1.95. The molecular formula is C26H47NO7Si4. The summed E-state index contributed by atoms with van der Waals surface area (Å²) in [6, 6.07) is 3.46. The molecule has 0 saturated heterocycles. The summed E-state index contributed by atoms with van der Waals surface area (Å²) >= 11 is 0. The van der Waals surface area contributed by atoms with Crippen LogP contribution in [0.4, 0.5) is 0 Å². The summed E-state index contributed by atoms with van der Waals surface area (Å²) in [4.78, 5) is 13.6. The van der Waals surface area contributed by atoms with Crippen LogP contribution in [0.25, 0.3) is 0 Å². The highest BCUT2D eigenvalue weighted by molar-refractivity contribution is 6.71. The van der Waals surface area contributed by atoms with Crippen molar-refractivity contribution in [3.63, 3.8) is 0 Å². The fourth-order valence-corrected chi connectivity index (χ4v) is 9.94. The fraction of sp³-hybridized carbons (Fsp3) is 0.731. The number of carbonyl (C=O) groups is 1. The van der Waals surface area contributed by atoms with Gasteiger partial charge in [0.15, 0.2) is 44.8 Å². The third-order valence-corrected chi connectivity index (χ3v) is 10.4. The van der Waals surface area contributed by atoms with E-state index in [1.807, 2.05) is 12.1 Å². The van der Waals surface area contributed by atoms with Crippen molar-refractivity contribution < 1.29 is 32.0 Å². The lowest BCUT2D eigenvalue weighted by Gasteiger charge is -2.56. The molecule has 1 fully saturated rings. The molecule has 0 aromatic heterocycles. The predicted molar refractivity (Wildman–Crippen MR) is 159 cm³/mol. The summed E-state index contributed by atoms with van der Waals surface area (Å²) in [6.45, 7) is 26.5. The van der Waals surface area contributed by atoms with Crippen molar-refractivity contribution in [1.29, 1.82) is 0 Å². The minimum absolute atomic E-state index is 0.133. The van der Waals surface area contributed by atoms with Crippen LogP contribution in [-0.2, 0) is 17.7 Å². The number of fused-ring (bicyclic) bond motifs is 4. The molecule has 2 aliphatic heterocycles. The van der Waals surface area contributed by atoms with Crippen molar-refractivity contribution in [2.24, 2.45) is 0 Å². The van der Waals surface area contributed by atoms with Crippen LogP contribution < -0.4 is 14.8 Å². The highest BCUT2D eigenvalue weighted by atomic mass is 28.4. The van der Waals surface area contributed by atoms with Crippen LogP contribution in [0.2, 0.25) is 78.6 Å². The third-order valence-electron chi connectivity index (χ3n) is 6.47. The zero-order valence-corrected chi connectivity index (χ0v) is 29.2. The van der Waals surface area contributed by atoms with Gasteiger partial charge < -0.3 is 32.5 Å². The van der Waals surface area contributed by atoms with Crippen LogP contribution in [0, 0.1) is 0 Å². The summed E-state index contributed by atoms with van der Waals surface area (Å²) in [7, 11) is -8.23. The Morgan fingerprint density at radius 2 is 1.08 bits per heavy atom. The maximum atomic E-state index is 13.6. The molecule has 38 heavy (non-hydrogen) atoms. The zero-order chi connectivity index (χ0) is 28.4. The second-order valence-electron chi connectivity index (χ2n) is 14.6. The number of hydrogen-bond acceptors (Lipinski definition) is 7. The maximum Gasteiger partial charge on any atom is 0.252 e. The smallest absolute Gasteiger partial charge is 0.252 e. The van der Waals surface area contributed by atoms with E-state index in [2.05, 4.69) is 83.9 Å². The van der Waals surface area contributed by atoms with Gasteiger partial charge in [0.05, 0.1) is 30.5 Å². The Hall–Kier alpha value is -1.00. The minimum atomic E-state index is -2.06. The highest BCUT2D eigenvalue weighted by Crippen LogP contribution is 2.48. The van der Waals surface area contributed by atoms with Crippen LogP contribution in [0.15, 0.2) is 12.1 Å². The number of benzene rings is 1. The molecule has 4 rings (SSSR count). The molecule has 0 radical (unpaired) electrons. The molecule has 12 heteroatoms. The predicted octanol–water partition coefficient (Wildman–Crippen LogP) is 5.50. The Morgan fingerprint density at radius 3 is 1.58 bits per heavy atom. The van der Waals surface area contributed by atoms with E-state index in [4.69, 9.17) is 27.2 Å². The largest absolute Gasteiger partial charge is 0.454 e. The van der Waals surface area contributed by atoms with Gasteiger partial charge >= 0.3 is 0 Å². The molecule has 1 amide bonds. The summed E-state index contributed by atoms with van der Waals surface area (Å²) in [5.41, 5.74) is 1.51. The van der Waals surface area contributed by atoms with Gasteiger partial charge in [-0.25, -0.2) is 0 Å². The Morgan fingerprint density at radius 1 is 0.658 bits per heavy atom. The summed E-state index contributed by atoms with van der Waals surface area (Å²) < 4.78 is 39.4. The number of hydrogen-bond donors (Lipinski definition) is 1. The number of carbonyl (C=O) groups excluding carboxylic acids is 1. The van der Waals surface area contributed by atoms with Gasteiger partial charge in [-0.15, -0.1) is 0 Å². The van der Waals surface area contributed by atoms with Gasteiger partial charge in [0.1, 0.15) is 0 Å². The number of nitrogens with one attached hydrogen (secondary N) is 1. The first-order chi connectivity index (χ1) is 17.2. The molecule has 1 saturated carbocycles. The Kier molecular flexibility index (Phi) is 7.98. The van der Waals surface area contributed by atoms with Crippen molar-refractivity contribution in [2.45, 2.75) is 115 Å². The third kappa shape index (κ3) is 6.82. The van der Waals surface area contributed by atoms with Crippen LogP contribution in [0.1, 0.15) is 21.8 Å². The SMILES string of the molecule is C[Si](C)(C)OC1C(O[Si](C)(C)C)C(O[Si](C)(C)C)[C@@H]2c3cc4c(cc3C(=O)N[C@H]2C1O[Si](C)(C)C)OCO4. The Bertz CT molecular complexity index is 1060. The van der Waals surface area contributed by atoms with Crippen molar-refractivity contribution in [1.82, 2.24) is 5.32 Å². The maximum absolute atomic E-state index is 13.6. The molecule has 214 valence electrons. The van der Waals surface area contributed by atoms with Crippen LogP contribution in [0.5, 0.6) is 11.5 Å². The van der Waals surface area contributed by atoms with E-state index in [1.54, 1.807) is 0 Å². The van der Waals surface area contributed by atoms with Crippen molar-refractivity contribution in [3.8, 4) is 11.5 Å². The molecular weight excluding hydrogens is 551 g/mol. The molecule has 0 spiro atoms. The van der Waals surface area contributed by atoms with E-state index in [0.29, 0.717) is 17.1 Å². The lowest BCUT2D eigenvalue weighted by Crippen LogP contribution is -2.72.